The highest BCUT2D eigenvalue weighted by Gasteiger charge is 2.23. The van der Waals surface area contributed by atoms with Crippen molar-refractivity contribution >= 4 is 27.5 Å². The van der Waals surface area contributed by atoms with Gasteiger partial charge < -0.3 is 5.32 Å². The highest BCUT2D eigenvalue weighted by molar-refractivity contribution is 7.17. The number of carbonyl (C=O) groups is 1. The van der Waals surface area contributed by atoms with Gasteiger partial charge in [-0.25, -0.2) is 4.98 Å². The number of benzene rings is 1. The molecule has 0 unspecified atom stereocenters. The smallest absolute Gasteiger partial charge is 0.263 e. The fourth-order valence-electron chi connectivity index (χ4n) is 3.96. The van der Waals surface area contributed by atoms with Crippen LogP contribution in [-0.4, -0.2) is 21.5 Å². The number of nitrogens with zero attached hydrogens (tertiary/aromatic N) is 2. The van der Waals surface area contributed by atoms with E-state index in [0.717, 1.165) is 30.4 Å². The minimum atomic E-state index is -0.159. The number of hydrogen-bond donors (Lipinski definition) is 1. The Kier molecular flexibility index (Phi) is 5.31. The van der Waals surface area contributed by atoms with Gasteiger partial charge in [-0.15, -0.1) is 11.3 Å². The zero-order valence-electron chi connectivity index (χ0n) is 16.3. The number of nitrogens with one attached hydrogen (secondary N) is 1. The van der Waals surface area contributed by atoms with Crippen molar-refractivity contribution < 1.29 is 4.79 Å². The van der Waals surface area contributed by atoms with Gasteiger partial charge in [0.2, 0.25) is 5.91 Å². The van der Waals surface area contributed by atoms with Crippen LogP contribution < -0.4 is 10.9 Å². The average Bonchev–Trinajstić information content (AvgIpc) is 3.11. The number of aryl methyl sites for hydroxylation is 1. The minimum Gasteiger partial charge on any atom is -0.352 e. The molecular formula is C22H25N3O2S. The molecule has 0 bridgehead atoms. The SMILES string of the molecule is Cc1ccc(-c2csc3ncn(CC(=O)N[C@H]4CCCC[C@H]4C)c(=O)c23)cc1. The van der Waals surface area contributed by atoms with E-state index in [9.17, 15) is 9.59 Å². The molecule has 2 aromatic heterocycles. The molecule has 3 aromatic rings. The predicted octanol–water partition coefficient (Wildman–Crippen LogP) is 4.13. The Morgan fingerprint density at radius 2 is 2.00 bits per heavy atom. The second kappa shape index (κ2) is 7.87. The Balaban J connectivity index is 1.60. The lowest BCUT2D eigenvalue weighted by molar-refractivity contribution is -0.123. The van der Waals surface area contributed by atoms with E-state index >= 15 is 0 Å². The van der Waals surface area contributed by atoms with E-state index in [1.54, 1.807) is 0 Å². The first kappa shape index (κ1) is 18.9. The van der Waals surface area contributed by atoms with Gasteiger partial charge in [-0.05, 0) is 31.2 Å². The molecule has 5 nitrogen and oxygen atoms in total. The highest BCUT2D eigenvalue weighted by atomic mass is 32.1. The largest absolute Gasteiger partial charge is 0.352 e. The monoisotopic (exact) mass is 395 g/mol. The van der Waals surface area contributed by atoms with Crippen LogP contribution in [0.15, 0.2) is 40.8 Å². The van der Waals surface area contributed by atoms with Gasteiger partial charge in [0.15, 0.2) is 0 Å². The lowest BCUT2D eigenvalue weighted by Crippen LogP contribution is -2.43. The normalized spacial score (nSPS) is 19.6. The number of aromatic nitrogens is 2. The standard InChI is InChI=1S/C22H25N3O2S/c1-14-7-9-16(10-8-14)17-12-28-21-20(17)22(27)25(13-23-21)11-19(26)24-18-6-4-3-5-15(18)2/h7-10,12-13,15,18H,3-6,11H2,1-2H3,(H,24,26)/t15-,18+/m1/s1. The molecule has 0 aliphatic heterocycles. The number of fused-ring (bicyclic) bond motifs is 1. The van der Waals surface area contributed by atoms with Gasteiger partial charge in [0.25, 0.3) is 5.56 Å². The zero-order valence-corrected chi connectivity index (χ0v) is 17.1. The van der Waals surface area contributed by atoms with Crippen molar-refractivity contribution in [1.82, 2.24) is 14.9 Å². The van der Waals surface area contributed by atoms with Crippen LogP contribution in [-0.2, 0) is 11.3 Å². The zero-order chi connectivity index (χ0) is 19.7. The van der Waals surface area contributed by atoms with Crippen molar-refractivity contribution in [2.75, 3.05) is 0 Å². The van der Waals surface area contributed by atoms with Crippen molar-refractivity contribution in [2.45, 2.75) is 52.1 Å². The van der Waals surface area contributed by atoms with Crippen LogP contribution in [0.5, 0.6) is 0 Å². The van der Waals surface area contributed by atoms with Crippen molar-refractivity contribution in [3.63, 3.8) is 0 Å². The lowest BCUT2D eigenvalue weighted by atomic mass is 9.86. The lowest BCUT2D eigenvalue weighted by Gasteiger charge is -2.29. The first-order chi connectivity index (χ1) is 13.5. The van der Waals surface area contributed by atoms with Crippen LogP contribution in [0.2, 0.25) is 0 Å². The molecule has 0 spiro atoms. The molecule has 1 aliphatic rings. The fourth-order valence-corrected chi connectivity index (χ4v) is 4.87. The molecule has 6 heteroatoms. The molecule has 2 heterocycles. The molecule has 4 rings (SSSR count). The Bertz CT molecular complexity index is 1050. The molecular weight excluding hydrogens is 370 g/mol. The van der Waals surface area contributed by atoms with E-state index in [4.69, 9.17) is 0 Å². The maximum atomic E-state index is 13.1. The van der Waals surface area contributed by atoms with Crippen molar-refractivity contribution in [3.8, 4) is 11.1 Å². The van der Waals surface area contributed by atoms with Crippen LogP contribution in [0.3, 0.4) is 0 Å². The molecule has 1 aromatic carbocycles. The van der Waals surface area contributed by atoms with Gasteiger partial charge in [-0.1, -0.05) is 49.6 Å². The third-order valence-electron chi connectivity index (χ3n) is 5.70. The summed E-state index contributed by atoms with van der Waals surface area (Å²) in [5.41, 5.74) is 2.89. The third-order valence-corrected chi connectivity index (χ3v) is 6.58. The van der Waals surface area contributed by atoms with Crippen molar-refractivity contribution in [1.29, 1.82) is 0 Å². The van der Waals surface area contributed by atoms with Crippen LogP contribution in [0.4, 0.5) is 0 Å². The van der Waals surface area contributed by atoms with E-state index in [-0.39, 0.29) is 24.1 Å². The molecule has 0 radical (unpaired) electrons. The molecule has 0 saturated heterocycles. The summed E-state index contributed by atoms with van der Waals surface area (Å²) in [5.74, 6) is 0.370. The van der Waals surface area contributed by atoms with Gasteiger partial charge >= 0.3 is 0 Å². The van der Waals surface area contributed by atoms with Gasteiger partial charge in [0.1, 0.15) is 11.4 Å². The van der Waals surface area contributed by atoms with Crippen molar-refractivity contribution in [3.05, 3.63) is 51.9 Å². The summed E-state index contributed by atoms with van der Waals surface area (Å²) in [6.45, 7) is 4.23. The Morgan fingerprint density at radius 1 is 1.25 bits per heavy atom. The minimum absolute atomic E-state index is 0.00811. The number of thiophene rings is 1. The second-order valence-electron chi connectivity index (χ2n) is 7.81. The molecule has 2 atom stereocenters. The molecule has 146 valence electrons. The number of hydrogen-bond acceptors (Lipinski definition) is 4. The Labute approximate surface area is 168 Å². The van der Waals surface area contributed by atoms with E-state index < -0.39 is 0 Å². The summed E-state index contributed by atoms with van der Waals surface area (Å²) < 4.78 is 1.43. The molecule has 1 fully saturated rings. The van der Waals surface area contributed by atoms with Crippen LogP contribution >= 0.6 is 11.3 Å². The summed E-state index contributed by atoms with van der Waals surface area (Å²) in [5, 5.41) is 5.68. The van der Waals surface area contributed by atoms with Gasteiger partial charge in [-0.2, -0.15) is 0 Å². The first-order valence-electron chi connectivity index (χ1n) is 9.86. The maximum absolute atomic E-state index is 13.1. The second-order valence-corrected chi connectivity index (χ2v) is 8.67. The van der Waals surface area contributed by atoms with Crippen LogP contribution in [0, 0.1) is 12.8 Å². The van der Waals surface area contributed by atoms with Crippen LogP contribution in [0.25, 0.3) is 21.3 Å². The quantitative estimate of drug-likeness (QED) is 0.722. The summed E-state index contributed by atoms with van der Waals surface area (Å²) >= 11 is 1.46. The van der Waals surface area contributed by atoms with Crippen LogP contribution in [0.1, 0.15) is 38.2 Å². The highest BCUT2D eigenvalue weighted by Crippen LogP contribution is 2.30. The average molecular weight is 396 g/mol. The predicted molar refractivity (Wildman–Crippen MR) is 114 cm³/mol. The van der Waals surface area contributed by atoms with E-state index in [2.05, 4.69) is 17.2 Å². The summed E-state index contributed by atoms with van der Waals surface area (Å²) in [7, 11) is 0. The fraction of sp³-hybridized carbons (Fsp3) is 0.409. The number of rotatable bonds is 4. The number of amides is 1. The van der Waals surface area contributed by atoms with Gasteiger partial charge in [-0.3, -0.25) is 14.2 Å². The first-order valence-corrected chi connectivity index (χ1v) is 10.7. The van der Waals surface area contributed by atoms with E-state index in [0.29, 0.717) is 16.1 Å². The molecule has 1 saturated carbocycles. The molecule has 1 amide bonds. The summed E-state index contributed by atoms with van der Waals surface area (Å²) in [6, 6.07) is 8.31. The van der Waals surface area contributed by atoms with E-state index in [1.165, 1.54) is 34.2 Å². The maximum Gasteiger partial charge on any atom is 0.263 e. The molecule has 28 heavy (non-hydrogen) atoms. The van der Waals surface area contributed by atoms with E-state index in [1.807, 2.05) is 36.6 Å². The molecule has 1 aliphatic carbocycles. The Hall–Kier alpha value is -2.47. The molecule has 1 N–H and O–H groups in total. The van der Waals surface area contributed by atoms with Gasteiger partial charge in [0, 0.05) is 17.0 Å². The summed E-state index contributed by atoms with van der Waals surface area (Å²) in [4.78, 5) is 30.8. The number of carbonyl (C=O) groups excluding carboxylic acids is 1. The Morgan fingerprint density at radius 3 is 2.75 bits per heavy atom. The van der Waals surface area contributed by atoms with Gasteiger partial charge in [0.05, 0.1) is 11.7 Å². The third kappa shape index (κ3) is 3.74. The summed E-state index contributed by atoms with van der Waals surface area (Å²) in [6.07, 6.45) is 6.03. The van der Waals surface area contributed by atoms with Crippen molar-refractivity contribution in [2.24, 2.45) is 5.92 Å². The topological polar surface area (TPSA) is 64.0 Å².